The Labute approximate surface area is 160 Å². The van der Waals surface area contributed by atoms with Crippen LogP contribution in [-0.4, -0.2) is 17.9 Å². The molecule has 1 N–H and O–H groups in total. The number of ether oxygens (including phenoxy) is 1. The highest BCUT2D eigenvalue weighted by atomic mass is 16.5. The Kier molecular flexibility index (Phi) is 9.21. The van der Waals surface area contributed by atoms with E-state index in [1.165, 1.54) is 40.7 Å². The number of rotatable bonds is 2. The van der Waals surface area contributed by atoms with Gasteiger partial charge in [0.2, 0.25) is 0 Å². The molecule has 0 fully saturated rings. The Bertz CT molecular complexity index is 755. The zero-order valence-corrected chi connectivity index (χ0v) is 17.0. The second-order valence-corrected chi connectivity index (χ2v) is 6.21. The maximum absolute atomic E-state index is 6.08. The highest BCUT2D eigenvalue weighted by Crippen LogP contribution is 2.30. The van der Waals surface area contributed by atoms with E-state index in [0.29, 0.717) is 0 Å². The summed E-state index contributed by atoms with van der Waals surface area (Å²) >= 11 is 0. The van der Waals surface area contributed by atoms with Crippen molar-refractivity contribution in [1.82, 2.24) is 4.57 Å². The van der Waals surface area contributed by atoms with Crippen LogP contribution >= 0.6 is 0 Å². The largest absolute Gasteiger partial charge is 0.501 e. The average Bonchev–Trinajstić information content (AvgIpc) is 2.81. The van der Waals surface area contributed by atoms with Gasteiger partial charge in [-0.1, -0.05) is 56.2 Å². The smallest absolute Gasteiger partial charge is 0.0999 e. The number of aromatic nitrogens is 1. The predicted molar refractivity (Wildman–Crippen MR) is 117 cm³/mol. The first-order chi connectivity index (χ1) is 12.5. The van der Waals surface area contributed by atoms with Gasteiger partial charge in [-0.25, -0.2) is 0 Å². The Morgan fingerprint density at radius 2 is 1.81 bits per heavy atom. The number of methoxy groups -OCH3 is 1. The Balaban J connectivity index is 0.000000860. The number of hydrogen-bond acceptors (Lipinski definition) is 2. The van der Waals surface area contributed by atoms with Crippen molar-refractivity contribution in [3.8, 4) is 11.3 Å². The molecule has 0 aliphatic heterocycles. The molecule has 0 radical (unpaired) electrons. The minimum Gasteiger partial charge on any atom is -0.501 e. The minimum absolute atomic E-state index is 0. The summed E-state index contributed by atoms with van der Waals surface area (Å²) in [5, 5.41) is 6.08. The molecule has 0 unspecified atom stereocenters. The van der Waals surface area contributed by atoms with E-state index in [2.05, 4.69) is 80.9 Å². The lowest BCUT2D eigenvalue weighted by Crippen LogP contribution is -1.94. The van der Waals surface area contributed by atoms with E-state index in [-0.39, 0.29) is 1.43 Å². The maximum Gasteiger partial charge on any atom is 0.0999 e. The Morgan fingerprint density at radius 1 is 1.23 bits per heavy atom. The van der Waals surface area contributed by atoms with Gasteiger partial charge in [-0.3, -0.25) is 0 Å². The number of hydrogen-bond donors (Lipinski definition) is 1. The molecule has 0 spiro atoms. The lowest BCUT2D eigenvalue weighted by molar-refractivity contribution is 0.289. The molecule has 0 saturated heterocycles. The average molecular weight is 355 g/mol. The molecule has 1 heterocycles. The van der Waals surface area contributed by atoms with Crippen molar-refractivity contribution < 1.29 is 6.16 Å². The van der Waals surface area contributed by atoms with Gasteiger partial charge in [0.05, 0.1) is 12.9 Å². The van der Waals surface area contributed by atoms with Gasteiger partial charge in [-0.15, -0.1) is 0 Å². The van der Waals surface area contributed by atoms with Gasteiger partial charge < -0.3 is 14.7 Å². The molecule has 1 aromatic carbocycles. The van der Waals surface area contributed by atoms with Crippen LogP contribution in [0.2, 0.25) is 0 Å². The van der Waals surface area contributed by atoms with Crippen LogP contribution < -0.4 is 0 Å². The third-order valence-corrected chi connectivity index (χ3v) is 3.83. The third-order valence-electron chi connectivity index (χ3n) is 3.83. The van der Waals surface area contributed by atoms with Crippen LogP contribution in [0.4, 0.5) is 0 Å². The first-order valence-electron chi connectivity index (χ1n) is 9.15. The molecule has 0 saturated carbocycles. The fourth-order valence-electron chi connectivity index (χ4n) is 2.63. The summed E-state index contributed by atoms with van der Waals surface area (Å²) in [6.07, 6.45) is 9.81. The molecule has 1 aliphatic carbocycles. The molecule has 1 aliphatic rings. The molecule has 0 amide bonds. The molecular weight excluding hydrogens is 320 g/mol. The molecule has 3 nitrogen and oxygen atoms in total. The van der Waals surface area contributed by atoms with Gasteiger partial charge in [0, 0.05) is 31.8 Å². The summed E-state index contributed by atoms with van der Waals surface area (Å²) in [6.45, 7) is 8.03. The maximum atomic E-state index is 6.08. The standard InChI is InChI=1S/C18H19NO.C3H8.C2H5N.H2/c1-13-7-9-14(10-8-13)18-12-15-11-16(20-3)5-4-6-17(15)19(18)2;1-3-2;1-2-3;/h4,6-12H,5H2,1-3H3;3H2,1-2H3;2-3H,1H3;1H. The van der Waals surface area contributed by atoms with Crippen molar-refractivity contribution in [1.29, 1.82) is 5.41 Å². The van der Waals surface area contributed by atoms with Crippen LogP contribution in [0.3, 0.4) is 0 Å². The van der Waals surface area contributed by atoms with Gasteiger partial charge in [-0.05, 0) is 43.8 Å². The number of fused-ring (bicyclic) bond motifs is 1. The van der Waals surface area contributed by atoms with E-state index >= 15 is 0 Å². The molecule has 0 bridgehead atoms. The highest BCUT2D eigenvalue weighted by molar-refractivity contribution is 5.74. The third kappa shape index (κ3) is 5.76. The number of nitrogens with one attached hydrogen (secondary N) is 1. The SMILES string of the molecule is CC=N.CCC.COC1=Cc2cc(-c3ccc(C)cc3)n(C)c2C=CC1.[HH]. The second-order valence-electron chi connectivity index (χ2n) is 6.21. The highest BCUT2D eigenvalue weighted by Gasteiger charge is 2.13. The fourth-order valence-corrected chi connectivity index (χ4v) is 2.63. The van der Waals surface area contributed by atoms with E-state index < -0.39 is 0 Å². The van der Waals surface area contributed by atoms with Crippen molar-refractivity contribution in [2.24, 2.45) is 7.05 Å². The summed E-state index contributed by atoms with van der Waals surface area (Å²) in [7, 11) is 3.85. The van der Waals surface area contributed by atoms with E-state index in [4.69, 9.17) is 10.1 Å². The van der Waals surface area contributed by atoms with Gasteiger partial charge in [0.25, 0.3) is 0 Å². The van der Waals surface area contributed by atoms with E-state index in [1.807, 2.05) is 0 Å². The Hall–Kier alpha value is -2.55. The zero-order chi connectivity index (χ0) is 19.5. The number of aryl methyl sites for hydroxylation is 1. The van der Waals surface area contributed by atoms with Gasteiger partial charge in [-0.2, -0.15) is 0 Å². The molecule has 3 rings (SSSR count). The molecule has 26 heavy (non-hydrogen) atoms. The van der Waals surface area contributed by atoms with Crippen molar-refractivity contribution in [2.75, 3.05) is 7.11 Å². The van der Waals surface area contributed by atoms with Crippen LogP contribution in [0.25, 0.3) is 23.4 Å². The summed E-state index contributed by atoms with van der Waals surface area (Å²) in [6, 6.07) is 10.9. The van der Waals surface area contributed by atoms with Gasteiger partial charge >= 0.3 is 0 Å². The number of nitrogens with zero attached hydrogens (tertiary/aromatic N) is 1. The molecule has 1 aromatic heterocycles. The first kappa shape index (κ1) is 21.5. The molecular formula is C23H34N2O. The first-order valence-corrected chi connectivity index (χ1v) is 9.15. The van der Waals surface area contributed by atoms with E-state index in [1.54, 1.807) is 14.0 Å². The zero-order valence-electron chi connectivity index (χ0n) is 17.0. The number of allylic oxidation sites excluding steroid dienone is 1. The quantitative estimate of drug-likeness (QED) is 0.597. The van der Waals surface area contributed by atoms with Crippen molar-refractivity contribution in [3.63, 3.8) is 0 Å². The summed E-state index contributed by atoms with van der Waals surface area (Å²) in [5.74, 6) is 1.00. The van der Waals surface area contributed by atoms with Crippen molar-refractivity contribution in [3.05, 3.63) is 59.0 Å². The van der Waals surface area contributed by atoms with Crippen LogP contribution in [-0.2, 0) is 11.8 Å². The minimum atomic E-state index is 0. The van der Waals surface area contributed by atoms with Gasteiger partial charge in [0.15, 0.2) is 0 Å². The normalized spacial score (nSPS) is 11.7. The lowest BCUT2D eigenvalue weighted by Gasteiger charge is -2.06. The molecule has 0 atom stereocenters. The predicted octanol–water partition coefficient (Wildman–Crippen LogP) is 6.72. The molecule has 142 valence electrons. The van der Waals surface area contributed by atoms with E-state index in [0.717, 1.165) is 12.2 Å². The lowest BCUT2D eigenvalue weighted by atomic mass is 10.1. The Morgan fingerprint density at radius 3 is 2.35 bits per heavy atom. The summed E-state index contributed by atoms with van der Waals surface area (Å²) in [4.78, 5) is 0. The van der Waals surface area contributed by atoms with Crippen molar-refractivity contribution >= 4 is 18.4 Å². The topological polar surface area (TPSA) is 38.0 Å². The van der Waals surface area contributed by atoms with E-state index in [9.17, 15) is 0 Å². The monoisotopic (exact) mass is 354 g/mol. The number of benzene rings is 1. The van der Waals surface area contributed by atoms with Crippen LogP contribution in [0.5, 0.6) is 0 Å². The van der Waals surface area contributed by atoms with Crippen LogP contribution in [0.15, 0.2) is 42.2 Å². The van der Waals surface area contributed by atoms with Crippen LogP contribution in [0, 0.1) is 12.3 Å². The summed E-state index contributed by atoms with van der Waals surface area (Å²) in [5.41, 5.74) is 6.20. The van der Waals surface area contributed by atoms with Crippen molar-refractivity contribution in [2.45, 2.75) is 40.5 Å². The van der Waals surface area contributed by atoms with Crippen LogP contribution in [0.1, 0.15) is 51.9 Å². The van der Waals surface area contributed by atoms with Gasteiger partial charge in [0.1, 0.15) is 0 Å². The molecule has 2 aromatic rings. The molecule has 3 heteroatoms. The second kappa shape index (κ2) is 11.1. The summed E-state index contributed by atoms with van der Waals surface area (Å²) < 4.78 is 7.64. The fraction of sp³-hybridized carbons (Fsp3) is 0.348.